The van der Waals surface area contributed by atoms with Crippen LogP contribution in [0.2, 0.25) is 0 Å². The molecule has 4 aromatic rings. The molecule has 0 fully saturated rings. The third-order valence-electron chi connectivity index (χ3n) is 5.59. The standard InChI is InChI=1S/C23H21IN5O4P/c1-28-21-13-32-7-8-33-22-9-15(23(30)31-2)4-3-14(22)5-6-18-16-10-19(17(21)11-26-28)25-12-20(16)29(27-18)34-24/h3-6,9-12,34H,7-8,13H2,1-2H3/b6-5+. The molecule has 1 aliphatic rings. The number of aryl methyl sites for hydroxylation is 1. The molecule has 11 heteroatoms. The number of hydrogen-bond acceptors (Lipinski definition) is 7. The summed E-state index contributed by atoms with van der Waals surface area (Å²) in [6.07, 6.45) is 8.00. The van der Waals surface area contributed by atoms with Crippen LogP contribution < -0.4 is 4.74 Å². The predicted octanol–water partition coefficient (Wildman–Crippen LogP) is 4.49. The molecule has 0 saturated carbocycles. The normalized spacial score (nSPS) is 14.9. The molecule has 4 heterocycles. The van der Waals surface area contributed by atoms with Crippen LogP contribution in [0.4, 0.5) is 0 Å². The number of pyridine rings is 1. The van der Waals surface area contributed by atoms with Crippen LogP contribution in [0, 0.1) is 0 Å². The second kappa shape index (κ2) is 9.81. The topological polar surface area (TPSA) is 93.3 Å². The lowest BCUT2D eigenvalue weighted by Crippen LogP contribution is -2.10. The molecule has 1 unspecified atom stereocenters. The smallest absolute Gasteiger partial charge is 0.337 e. The van der Waals surface area contributed by atoms with Crippen LogP contribution in [-0.4, -0.2) is 50.6 Å². The Morgan fingerprint density at radius 1 is 1.21 bits per heavy atom. The first-order chi connectivity index (χ1) is 16.6. The number of aromatic nitrogens is 5. The average Bonchev–Trinajstić information content (AvgIpc) is 3.41. The maximum absolute atomic E-state index is 12.0. The molecule has 0 amide bonds. The SMILES string of the molecule is COC(=O)c1ccc2c(c1)OCCOCc1c(cnn1C)-c1cc3c(nn(PI)c3cn1)/C=C/2. The lowest BCUT2D eigenvalue weighted by Gasteiger charge is -2.12. The zero-order valence-corrected chi connectivity index (χ0v) is 21.6. The first-order valence-electron chi connectivity index (χ1n) is 10.5. The maximum Gasteiger partial charge on any atom is 0.337 e. The molecule has 5 rings (SSSR count). The van der Waals surface area contributed by atoms with E-state index in [9.17, 15) is 4.79 Å². The van der Waals surface area contributed by atoms with Gasteiger partial charge in [-0.1, -0.05) is 6.07 Å². The van der Waals surface area contributed by atoms with Gasteiger partial charge in [0.2, 0.25) is 0 Å². The molecular weight excluding hydrogens is 568 g/mol. The van der Waals surface area contributed by atoms with Crippen LogP contribution in [0.5, 0.6) is 5.75 Å². The van der Waals surface area contributed by atoms with Crippen molar-refractivity contribution >= 4 is 57.4 Å². The highest BCUT2D eigenvalue weighted by molar-refractivity contribution is 14.2. The molecule has 1 atom stereocenters. The van der Waals surface area contributed by atoms with Crippen LogP contribution in [0.1, 0.15) is 27.3 Å². The summed E-state index contributed by atoms with van der Waals surface area (Å²) in [7, 11) is 3.25. The van der Waals surface area contributed by atoms with Crippen LogP contribution in [0.15, 0.2) is 36.7 Å². The molecule has 3 aromatic heterocycles. The van der Waals surface area contributed by atoms with Crippen LogP contribution in [0.25, 0.3) is 34.3 Å². The Bertz CT molecular complexity index is 1410. The molecule has 0 saturated heterocycles. The number of halogens is 1. The third-order valence-corrected chi connectivity index (χ3v) is 7.46. The van der Waals surface area contributed by atoms with E-state index in [-0.39, 0.29) is 0 Å². The van der Waals surface area contributed by atoms with Gasteiger partial charge >= 0.3 is 5.97 Å². The molecule has 1 aliphatic heterocycles. The molecule has 0 aliphatic carbocycles. The van der Waals surface area contributed by atoms with Crippen LogP contribution >= 0.6 is 28.4 Å². The van der Waals surface area contributed by atoms with Crippen molar-refractivity contribution in [1.29, 1.82) is 0 Å². The van der Waals surface area contributed by atoms with E-state index < -0.39 is 5.97 Å². The number of esters is 1. The van der Waals surface area contributed by atoms with Crippen LogP contribution in [-0.2, 0) is 23.1 Å². The van der Waals surface area contributed by atoms with Gasteiger partial charge in [0.1, 0.15) is 12.4 Å². The number of carbonyl (C=O) groups excluding carboxylic acids is 1. The maximum atomic E-state index is 12.0. The largest absolute Gasteiger partial charge is 0.491 e. The van der Waals surface area contributed by atoms with Crippen molar-refractivity contribution < 1.29 is 19.0 Å². The van der Waals surface area contributed by atoms with Crippen molar-refractivity contribution in [2.75, 3.05) is 20.3 Å². The van der Waals surface area contributed by atoms with E-state index in [1.807, 2.05) is 48.2 Å². The Morgan fingerprint density at radius 2 is 2.09 bits per heavy atom. The minimum Gasteiger partial charge on any atom is -0.491 e. The molecule has 1 aromatic carbocycles. The summed E-state index contributed by atoms with van der Waals surface area (Å²) in [5, 5.41) is 10.2. The number of nitrogens with zero attached hydrogens (tertiary/aromatic N) is 5. The van der Waals surface area contributed by atoms with Gasteiger partial charge in [0, 0.05) is 23.6 Å². The Labute approximate surface area is 210 Å². The summed E-state index contributed by atoms with van der Waals surface area (Å²) in [5.41, 5.74) is 5.69. The Kier molecular flexibility index (Phi) is 6.62. The van der Waals surface area contributed by atoms with Crippen molar-refractivity contribution in [3.05, 3.63) is 59.2 Å². The Morgan fingerprint density at radius 3 is 2.91 bits per heavy atom. The van der Waals surface area contributed by atoms with Gasteiger partial charge in [0.25, 0.3) is 0 Å². The number of ether oxygens (including phenoxy) is 3. The second-order valence-electron chi connectivity index (χ2n) is 7.58. The van der Waals surface area contributed by atoms with E-state index >= 15 is 0 Å². The summed E-state index contributed by atoms with van der Waals surface area (Å²) in [6, 6.07) is 7.30. The summed E-state index contributed by atoms with van der Waals surface area (Å²) in [4.78, 5) is 16.7. The fraction of sp³-hybridized carbons (Fsp3) is 0.217. The Balaban J connectivity index is 1.65. The van der Waals surface area contributed by atoms with Crippen molar-refractivity contribution in [3.8, 4) is 17.0 Å². The van der Waals surface area contributed by atoms with E-state index in [0.717, 1.165) is 39.1 Å². The molecule has 0 N–H and O–H groups in total. The zero-order chi connectivity index (χ0) is 23.7. The highest BCUT2D eigenvalue weighted by Gasteiger charge is 2.17. The van der Waals surface area contributed by atoms with Gasteiger partial charge in [0.15, 0.2) is 0 Å². The summed E-state index contributed by atoms with van der Waals surface area (Å²) >= 11 is 2.31. The molecule has 174 valence electrons. The van der Waals surface area contributed by atoms with Gasteiger partial charge in [-0.3, -0.25) is 9.67 Å². The average molecular weight is 589 g/mol. The van der Waals surface area contributed by atoms with E-state index in [2.05, 4.69) is 27.1 Å². The number of benzene rings is 1. The third kappa shape index (κ3) is 4.33. The fourth-order valence-corrected chi connectivity index (χ4v) is 5.33. The highest BCUT2D eigenvalue weighted by Crippen LogP contribution is 2.34. The molecule has 0 spiro atoms. The number of hydrogen-bond donors (Lipinski definition) is 0. The van der Waals surface area contributed by atoms with Gasteiger partial charge in [0.05, 0.1) is 67.3 Å². The zero-order valence-electron chi connectivity index (χ0n) is 18.5. The molecule has 9 nitrogen and oxygen atoms in total. The lowest BCUT2D eigenvalue weighted by atomic mass is 10.1. The summed E-state index contributed by atoms with van der Waals surface area (Å²) in [5.74, 6) is 0.153. The summed E-state index contributed by atoms with van der Waals surface area (Å²) in [6.45, 7) is 1.05. The minimum atomic E-state index is -0.418. The van der Waals surface area contributed by atoms with E-state index in [0.29, 0.717) is 37.5 Å². The van der Waals surface area contributed by atoms with Crippen molar-refractivity contribution in [2.45, 2.75) is 6.61 Å². The van der Waals surface area contributed by atoms with E-state index in [4.69, 9.17) is 24.3 Å². The lowest BCUT2D eigenvalue weighted by molar-refractivity contribution is 0.0599. The summed E-state index contributed by atoms with van der Waals surface area (Å²) < 4.78 is 20.5. The molecular formula is C23H21IN5O4P. The fourth-order valence-electron chi connectivity index (χ4n) is 3.81. The van der Waals surface area contributed by atoms with Gasteiger partial charge in [-0.2, -0.15) is 10.2 Å². The predicted molar refractivity (Wildman–Crippen MR) is 139 cm³/mol. The van der Waals surface area contributed by atoms with Crippen LogP contribution in [0.3, 0.4) is 0 Å². The molecule has 34 heavy (non-hydrogen) atoms. The molecule has 0 radical (unpaired) electrons. The number of fused-ring (bicyclic) bond motifs is 4. The highest BCUT2D eigenvalue weighted by atomic mass is 127. The Hall–Kier alpha value is -2.82. The van der Waals surface area contributed by atoms with Gasteiger partial charge in [-0.05, 0) is 52.4 Å². The number of methoxy groups -OCH3 is 1. The quantitative estimate of drug-likeness (QED) is 0.193. The first-order valence-corrected chi connectivity index (χ1v) is 14.5. The number of carbonyl (C=O) groups is 1. The van der Waals surface area contributed by atoms with Crippen molar-refractivity contribution in [2.24, 2.45) is 7.05 Å². The second-order valence-corrected chi connectivity index (χ2v) is 9.62. The van der Waals surface area contributed by atoms with E-state index in [1.165, 1.54) is 7.11 Å². The van der Waals surface area contributed by atoms with Crippen molar-refractivity contribution in [3.63, 3.8) is 0 Å². The van der Waals surface area contributed by atoms with Gasteiger partial charge < -0.3 is 14.2 Å². The van der Waals surface area contributed by atoms with Gasteiger partial charge in [-0.15, -0.1) is 0 Å². The van der Waals surface area contributed by atoms with E-state index in [1.54, 1.807) is 16.8 Å². The van der Waals surface area contributed by atoms with Gasteiger partial charge in [-0.25, -0.2) is 9.25 Å². The van der Waals surface area contributed by atoms with Crippen molar-refractivity contribution in [1.82, 2.24) is 24.3 Å². The number of rotatable bonds is 2. The molecule has 2 bridgehead atoms. The minimum absolute atomic E-state index is 0.319. The first kappa shape index (κ1) is 22.9. The monoisotopic (exact) mass is 589 g/mol.